The van der Waals surface area contributed by atoms with Crippen molar-refractivity contribution in [3.63, 3.8) is 0 Å². The Balaban J connectivity index is 2.18. The Kier molecular flexibility index (Phi) is 2.32. The number of azide groups is 1. The molecule has 1 aliphatic heterocycles. The highest BCUT2D eigenvalue weighted by atomic mass is 16.7. The lowest BCUT2D eigenvalue weighted by Crippen LogP contribution is -2.12. The maximum absolute atomic E-state index is 7.89. The maximum atomic E-state index is 7.89. The van der Waals surface area contributed by atoms with Crippen LogP contribution in [0.15, 0.2) is 5.11 Å². The molecule has 1 atom stereocenters. The predicted octanol–water partition coefficient (Wildman–Crippen LogP) is 0.670. The lowest BCUT2D eigenvalue weighted by molar-refractivity contribution is 0.0491. The van der Waals surface area contributed by atoms with Crippen molar-refractivity contribution in [3.8, 4) is 0 Å². The van der Waals surface area contributed by atoms with Crippen molar-refractivity contribution in [2.75, 3.05) is 19.9 Å². The fourth-order valence-electron chi connectivity index (χ4n) is 0.605. The fraction of sp³-hybridized carbons (Fsp3) is 1.00. The van der Waals surface area contributed by atoms with Crippen molar-refractivity contribution in [2.45, 2.75) is 6.10 Å². The third-order valence-electron chi connectivity index (χ3n) is 1.04. The summed E-state index contributed by atoms with van der Waals surface area (Å²) in [5.41, 5.74) is 7.89. The smallest absolute Gasteiger partial charge is 0.147 e. The van der Waals surface area contributed by atoms with Crippen LogP contribution in [0, 0.1) is 0 Å². The second-order valence-corrected chi connectivity index (χ2v) is 1.69. The van der Waals surface area contributed by atoms with Gasteiger partial charge >= 0.3 is 0 Å². The normalized spacial score (nSPS) is 25.6. The van der Waals surface area contributed by atoms with E-state index in [1.807, 2.05) is 0 Å². The van der Waals surface area contributed by atoms with Gasteiger partial charge in [0.15, 0.2) is 0 Å². The summed E-state index contributed by atoms with van der Waals surface area (Å²) in [6.07, 6.45) is -0.0269. The summed E-state index contributed by atoms with van der Waals surface area (Å²) in [5.74, 6) is 0. The van der Waals surface area contributed by atoms with E-state index in [9.17, 15) is 0 Å². The molecular weight excluding hydrogens is 122 g/mol. The Bertz CT molecular complexity index is 126. The number of hydrogen-bond donors (Lipinski definition) is 0. The summed E-state index contributed by atoms with van der Waals surface area (Å²) < 4.78 is 9.82. The van der Waals surface area contributed by atoms with Crippen LogP contribution in [0.5, 0.6) is 0 Å². The highest BCUT2D eigenvalue weighted by Crippen LogP contribution is 2.02. The van der Waals surface area contributed by atoms with Crippen LogP contribution in [-0.4, -0.2) is 26.0 Å². The van der Waals surface area contributed by atoms with Crippen LogP contribution in [0.25, 0.3) is 10.4 Å². The van der Waals surface area contributed by atoms with Crippen LogP contribution in [-0.2, 0) is 9.47 Å². The van der Waals surface area contributed by atoms with Crippen molar-refractivity contribution >= 4 is 0 Å². The Morgan fingerprint density at radius 2 is 2.67 bits per heavy atom. The van der Waals surface area contributed by atoms with Gasteiger partial charge in [-0.2, -0.15) is 0 Å². The lowest BCUT2D eigenvalue weighted by atomic mass is 10.4. The average molecular weight is 129 g/mol. The zero-order chi connectivity index (χ0) is 6.53. The molecule has 0 bridgehead atoms. The first kappa shape index (κ1) is 6.35. The van der Waals surface area contributed by atoms with Crippen LogP contribution < -0.4 is 0 Å². The van der Waals surface area contributed by atoms with E-state index in [4.69, 9.17) is 15.0 Å². The van der Waals surface area contributed by atoms with Gasteiger partial charge in [-0.15, -0.1) is 0 Å². The van der Waals surface area contributed by atoms with E-state index in [0.29, 0.717) is 19.9 Å². The van der Waals surface area contributed by atoms with E-state index in [1.54, 1.807) is 0 Å². The molecule has 50 valence electrons. The van der Waals surface area contributed by atoms with Crippen LogP contribution in [0.4, 0.5) is 0 Å². The second-order valence-electron chi connectivity index (χ2n) is 1.69. The SMILES string of the molecule is [N-]=[N+]=NCC1COCO1. The Labute approximate surface area is 52.2 Å². The van der Waals surface area contributed by atoms with E-state index in [-0.39, 0.29) is 6.10 Å². The van der Waals surface area contributed by atoms with Crippen LogP contribution in [0.1, 0.15) is 0 Å². The van der Waals surface area contributed by atoms with Gasteiger partial charge in [-0.05, 0) is 5.53 Å². The van der Waals surface area contributed by atoms with Crippen molar-refractivity contribution in [1.29, 1.82) is 0 Å². The summed E-state index contributed by atoms with van der Waals surface area (Å²) in [4.78, 5) is 2.59. The summed E-state index contributed by atoms with van der Waals surface area (Å²) in [5, 5.41) is 3.33. The summed E-state index contributed by atoms with van der Waals surface area (Å²) in [7, 11) is 0. The maximum Gasteiger partial charge on any atom is 0.147 e. The van der Waals surface area contributed by atoms with Gasteiger partial charge in [-0.1, -0.05) is 5.11 Å². The lowest BCUT2D eigenvalue weighted by Gasteiger charge is -1.98. The molecule has 0 aromatic heterocycles. The average Bonchev–Trinajstić information content (AvgIpc) is 2.34. The minimum absolute atomic E-state index is 0.0269. The molecule has 9 heavy (non-hydrogen) atoms. The monoisotopic (exact) mass is 129 g/mol. The van der Waals surface area contributed by atoms with Crippen LogP contribution >= 0.6 is 0 Å². The third kappa shape index (κ3) is 1.89. The number of ether oxygens (including phenoxy) is 2. The molecule has 0 amide bonds. The minimum atomic E-state index is -0.0269. The van der Waals surface area contributed by atoms with Crippen molar-refractivity contribution in [2.24, 2.45) is 5.11 Å². The molecule has 5 nitrogen and oxygen atoms in total. The first-order valence-electron chi connectivity index (χ1n) is 2.63. The second kappa shape index (κ2) is 3.29. The molecule has 0 aromatic carbocycles. The zero-order valence-corrected chi connectivity index (χ0v) is 4.86. The highest BCUT2D eigenvalue weighted by Gasteiger charge is 2.13. The standard InChI is InChI=1S/C4H7N3O2/c5-7-6-1-4-2-8-3-9-4/h4H,1-3H2. The third-order valence-corrected chi connectivity index (χ3v) is 1.04. The molecular formula is C4H7N3O2. The number of hydrogen-bond acceptors (Lipinski definition) is 3. The molecule has 0 aliphatic carbocycles. The number of rotatable bonds is 2. The summed E-state index contributed by atoms with van der Waals surface area (Å²) >= 11 is 0. The quantitative estimate of drug-likeness (QED) is 0.312. The molecule has 1 unspecified atom stereocenters. The Morgan fingerprint density at radius 1 is 1.78 bits per heavy atom. The molecule has 1 aliphatic rings. The Morgan fingerprint density at radius 3 is 3.22 bits per heavy atom. The van der Waals surface area contributed by atoms with Gasteiger partial charge in [0.05, 0.1) is 19.3 Å². The molecule has 0 radical (unpaired) electrons. The van der Waals surface area contributed by atoms with E-state index < -0.39 is 0 Å². The molecule has 0 saturated carbocycles. The largest absolute Gasteiger partial charge is 0.353 e. The molecule has 0 spiro atoms. The summed E-state index contributed by atoms with van der Waals surface area (Å²) in [6, 6.07) is 0. The predicted molar refractivity (Wildman–Crippen MR) is 29.7 cm³/mol. The zero-order valence-electron chi connectivity index (χ0n) is 4.86. The van der Waals surface area contributed by atoms with Gasteiger partial charge in [-0.25, -0.2) is 0 Å². The van der Waals surface area contributed by atoms with Crippen molar-refractivity contribution in [1.82, 2.24) is 0 Å². The molecule has 1 heterocycles. The molecule has 0 aromatic rings. The van der Waals surface area contributed by atoms with Gasteiger partial charge in [0.1, 0.15) is 6.79 Å². The summed E-state index contributed by atoms with van der Waals surface area (Å²) in [6.45, 7) is 1.24. The van der Waals surface area contributed by atoms with Gasteiger partial charge in [0, 0.05) is 4.91 Å². The first-order chi connectivity index (χ1) is 4.43. The molecule has 0 N–H and O–H groups in total. The van der Waals surface area contributed by atoms with E-state index in [2.05, 4.69) is 10.0 Å². The highest BCUT2D eigenvalue weighted by molar-refractivity contribution is 4.62. The van der Waals surface area contributed by atoms with E-state index in [1.165, 1.54) is 0 Å². The van der Waals surface area contributed by atoms with E-state index in [0.717, 1.165) is 0 Å². The van der Waals surface area contributed by atoms with Gasteiger partial charge in [0.25, 0.3) is 0 Å². The molecule has 1 saturated heterocycles. The topological polar surface area (TPSA) is 67.2 Å². The van der Waals surface area contributed by atoms with Crippen LogP contribution in [0.2, 0.25) is 0 Å². The van der Waals surface area contributed by atoms with Gasteiger partial charge < -0.3 is 9.47 Å². The van der Waals surface area contributed by atoms with Crippen molar-refractivity contribution < 1.29 is 9.47 Å². The minimum Gasteiger partial charge on any atom is -0.353 e. The molecule has 5 heteroatoms. The number of nitrogens with zero attached hydrogens (tertiary/aromatic N) is 3. The van der Waals surface area contributed by atoms with Crippen molar-refractivity contribution in [3.05, 3.63) is 10.4 Å². The van der Waals surface area contributed by atoms with Gasteiger partial charge in [-0.3, -0.25) is 0 Å². The van der Waals surface area contributed by atoms with E-state index >= 15 is 0 Å². The van der Waals surface area contributed by atoms with Gasteiger partial charge in [0.2, 0.25) is 0 Å². The van der Waals surface area contributed by atoms with Crippen LogP contribution in [0.3, 0.4) is 0 Å². The molecule has 1 fully saturated rings. The fourth-order valence-corrected chi connectivity index (χ4v) is 0.605. The Hall–Kier alpha value is -0.770. The molecule has 1 rings (SSSR count). The first-order valence-corrected chi connectivity index (χ1v) is 2.63.